The molecule has 0 spiro atoms. The van der Waals surface area contributed by atoms with Gasteiger partial charge in [0.1, 0.15) is 10.5 Å². The van der Waals surface area contributed by atoms with Crippen molar-refractivity contribution < 1.29 is 9.90 Å². The van der Waals surface area contributed by atoms with Crippen LogP contribution >= 0.6 is 0 Å². The Morgan fingerprint density at radius 3 is 1.20 bits per heavy atom. The minimum Gasteiger partial charge on any atom is -0.442 e. The third kappa shape index (κ3) is 74.3. The van der Waals surface area contributed by atoms with Gasteiger partial charge in [-0.15, -0.1) is 0 Å². The molecule has 0 bridgehead atoms. The van der Waals surface area contributed by atoms with Gasteiger partial charge in [-0.25, -0.2) is 0 Å². The van der Waals surface area contributed by atoms with E-state index in [1.165, 1.54) is 0 Å². The lowest BCUT2D eigenvalue weighted by molar-refractivity contribution is 0.399. The highest BCUT2D eigenvalue weighted by molar-refractivity contribution is 5.95. The predicted octanol–water partition coefficient (Wildman–Crippen LogP) is -3.32. The molecule has 0 heterocycles. The molecule has 0 aromatic heterocycles. The van der Waals surface area contributed by atoms with E-state index in [1.807, 2.05) is 0 Å². The van der Waals surface area contributed by atoms with E-state index in [1.54, 1.807) is 0 Å². The second kappa shape index (κ2) is 140. The van der Waals surface area contributed by atoms with Crippen LogP contribution in [0.3, 0.4) is 0 Å². The highest BCUT2D eigenvalue weighted by Crippen LogP contribution is 0.755. The van der Waals surface area contributed by atoms with E-state index in [4.69, 9.17) is 9.90 Å². The third-order valence-electron chi connectivity index (χ3n) is 0. The molecule has 0 saturated heterocycles. The molecule has 0 aliphatic heterocycles. The van der Waals surface area contributed by atoms with Crippen molar-refractivity contribution in [1.82, 2.24) is 0 Å². The minimum absolute atomic E-state index is 0. The van der Waals surface area contributed by atoms with Crippen molar-refractivity contribution >= 4 is 27.8 Å². The molecule has 0 aliphatic rings. The van der Waals surface area contributed by atoms with Crippen LogP contribution in [-0.4, -0.2) is 44.9 Å². The Bertz CT molecular complexity index is 9.61. The summed E-state index contributed by atoms with van der Waals surface area (Å²) in [7, 11) is 1.31. The Balaban J connectivity index is -0.0000000133. The monoisotopic (exact) mass is 110 g/mol. The van der Waals surface area contributed by atoms with Crippen LogP contribution in [0.25, 0.3) is 0 Å². The zero-order valence-corrected chi connectivity index (χ0v) is 4.89. The van der Waals surface area contributed by atoms with E-state index < -0.39 is 0 Å². The van der Waals surface area contributed by atoms with E-state index in [9.17, 15) is 0 Å². The molecule has 0 rings (SSSR count). The van der Waals surface area contributed by atoms with E-state index in [0.717, 1.165) is 7.11 Å². The number of hydrogen-bond acceptors (Lipinski definition) is 2. The van der Waals surface area contributed by atoms with Crippen LogP contribution in [0.15, 0.2) is 0 Å². The summed E-state index contributed by atoms with van der Waals surface area (Å²) < 4.78 is 0. The van der Waals surface area contributed by atoms with Gasteiger partial charge in [-0.2, -0.15) is 0 Å². The molecule has 0 fully saturated rings. The standard InChI is InChI=1S/CH4O.Al.H4OSi.3H/c1-2;;1-2;;;/h2H,1H3;;1H,2H3;;;. The topological polar surface area (TPSA) is 40.5 Å². The van der Waals surface area contributed by atoms with Crippen molar-refractivity contribution in [1.29, 1.82) is 0 Å². The van der Waals surface area contributed by atoms with Gasteiger partial charge in [-0.05, 0) is 0 Å². The summed E-state index contributed by atoms with van der Waals surface area (Å²) in [6.07, 6.45) is 0. The van der Waals surface area contributed by atoms with Crippen molar-refractivity contribution in [3.63, 3.8) is 0 Å². The Labute approximate surface area is 45.5 Å². The number of aliphatic hydroxyl groups is 1. The maximum Gasteiger partial charge on any atom is 0.187 e. The van der Waals surface area contributed by atoms with Gasteiger partial charge in [0, 0.05) is 7.11 Å². The fourth-order valence-electron chi connectivity index (χ4n) is 0. The number of aliphatic hydroxyl groups excluding tert-OH is 1. The summed E-state index contributed by atoms with van der Waals surface area (Å²) in [5.74, 6) is 0. The number of hydrogen-bond donors (Lipinski definition) is 2. The van der Waals surface area contributed by atoms with Crippen molar-refractivity contribution in [2.45, 2.75) is 0 Å². The van der Waals surface area contributed by atoms with Gasteiger partial charge >= 0.3 is 0 Å². The van der Waals surface area contributed by atoms with Gasteiger partial charge < -0.3 is 9.90 Å². The molecule has 0 aromatic carbocycles. The molecule has 2 nitrogen and oxygen atoms in total. The SMILES string of the molecule is CO.O[SiH3].[AlH3]. The van der Waals surface area contributed by atoms with E-state index in [2.05, 4.69) is 0 Å². The lowest BCUT2D eigenvalue weighted by Crippen LogP contribution is -1.34. The normalized spacial score (nSPS) is 3.00. The highest BCUT2D eigenvalue weighted by Gasteiger charge is 0.891. The van der Waals surface area contributed by atoms with Crippen molar-refractivity contribution in [3.05, 3.63) is 0 Å². The molecule has 0 atom stereocenters. The van der Waals surface area contributed by atoms with Gasteiger partial charge in [0.15, 0.2) is 17.4 Å². The summed E-state index contributed by atoms with van der Waals surface area (Å²) in [6, 6.07) is 0. The van der Waals surface area contributed by atoms with Gasteiger partial charge in [0.05, 0.1) is 0 Å². The number of rotatable bonds is 0. The quantitative estimate of drug-likeness (QED) is 0.320. The molecule has 0 amide bonds. The zero-order valence-electron chi connectivity index (χ0n) is 2.89. The average Bonchev–Trinajstić information content (AvgIpc) is 1.50. The second-order valence-corrected chi connectivity index (χ2v) is 0. The smallest absolute Gasteiger partial charge is 0.187 e. The molecule has 0 radical (unpaired) electrons. The van der Waals surface area contributed by atoms with Crippen LogP contribution < -0.4 is 0 Å². The Morgan fingerprint density at radius 1 is 1.20 bits per heavy atom. The van der Waals surface area contributed by atoms with Crippen LogP contribution in [0.5, 0.6) is 0 Å². The molecular weight excluding hydrogens is 99.1 g/mol. The Morgan fingerprint density at radius 2 is 1.20 bits per heavy atom. The Kier molecular flexibility index (Phi) is 487. The molecule has 0 aromatic rings. The maximum absolute atomic E-state index is 7.14. The summed E-state index contributed by atoms with van der Waals surface area (Å²) in [5, 5.41) is 7.00. The first kappa shape index (κ1) is 17.3. The minimum atomic E-state index is 0. The van der Waals surface area contributed by atoms with Crippen LogP contribution in [0.4, 0.5) is 0 Å². The Hall–Kier alpha value is 0.669. The second-order valence-electron chi connectivity index (χ2n) is 0. The summed E-state index contributed by atoms with van der Waals surface area (Å²) >= 11 is 0. The molecule has 2 N–H and O–H groups in total. The molecule has 0 saturated carbocycles. The lowest BCUT2D eigenvalue weighted by atomic mass is 11.8. The van der Waals surface area contributed by atoms with Crippen LogP contribution in [0.2, 0.25) is 0 Å². The first-order valence-electron chi connectivity index (χ1n) is 0.894. The molecule has 0 unspecified atom stereocenters. The van der Waals surface area contributed by atoms with Gasteiger partial charge in [0.2, 0.25) is 0 Å². The molecule has 4 heteroatoms. The van der Waals surface area contributed by atoms with Crippen LogP contribution in [-0.2, 0) is 0 Å². The lowest BCUT2D eigenvalue weighted by Gasteiger charge is -1.21. The largest absolute Gasteiger partial charge is 0.442 e. The van der Waals surface area contributed by atoms with Gasteiger partial charge in [-0.3, -0.25) is 0 Å². The summed E-state index contributed by atoms with van der Waals surface area (Å²) in [5.41, 5.74) is 0. The molecule has 34 valence electrons. The fourth-order valence-corrected chi connectivity index (χ4v) is 0. The molecule has 0 aliphatic carbocycles. The van der Waals surface area contributed by atoms with E-state index >= 15 is 0 Å². The summed E-state index contributed by atoms with van der Waals surface area (Å²) in [4.78, 5) is 7.14. The summed E-state index contributed by atoms with van der Waals surface area (Å²) in [6.45, 7) is 0. The molecular formula is CH11AlO2Si. The third-order valence-corrected chi connectivity index (χ3v) is 0. The van der Waals surface area contributed by atoms with Gasteiger partial charge in [-0.1, -0.05) is 0 Å². The first-order valence-corrected chi connectivity index (χ1v) is 1.79. The van der Waals surface area contributed by atoms with Crippen molar-refractivity contribution in [2.75, 3.05) is 7.11 Å². The van der Waals surface area contributed by atoms with Crippen molar-refractivity contribution in [3.8, 4) is 0 Å². The van der Waals surface area contributed by atoms with Crippen LogP contribution in [0.1, 0.15) is 0 Å². The fraction of sp³-hybridized carbons (Fsp3) is 1.00. The molecule has 5 heavy (non-hydrogen) atoms. The predicted molar refractivity (Wildman–Crippen MR) is 30.2 cm³/mol. The van der Waals surface area contributed by atoms with E-state index in [0.29, 0.717) is 10.5 Å². The van der Waals surface area contributed by atoms with E-state index in [-0.39, 0.29) is 17.4 Å². The van der Waals surface area contributed by atoms with Gasteiger partial charge in [0.25, 0.3) is 0 Å². The van der Waals surface area contributed by atoms with Crippen molar-refractivity contribution in [2.24, 2.45) is 0 Å². The first-order chi connectivity index (χ1) is 2.00. The highest BCUT2D eigenvalue weighted by atomic mass is 28.2. The van der Waals surface area contributed by atoms with Crippen LogP contribution in [0, 0.1) is 0 Å². The average molecular weight is 110 g/mol. The maximum atomic E-state index is 7.14. The zero-order chi connectivity index (χ0) is 4.00.